The molecule has 1 aliphatic rings. The van der Waals surface area contributed by atoms with E-state index in [0.29, 0.717) is 10.6 Å². The van der Waals surface area contributed by atoms with Crippen LogP contribution in [0.4, 0.5) is 10.5 Å². The molecule has 0 unspecified atom stereocenters. The number of nitrogens with one attached hydrogen (secondary N) is 1. The largest absolute Gasteiger partial charge is 0.481 e. The molecule has 2 N–H and O–H groups in total. The van der Waals surface area contributed by atoms with Gasteiger partial charge in [-0.25, -0.2) is 14.5 Å². The molecule has 1 heterocycles. The fourth-order valence-corrected chi connectivity index (χ4v) is 3.11. The number of aliphatic carboxylic acids is 1. The number of urea groups is 1. The second-order valence-electron chi connectivity index (χ2n) is 6.25. The molecule has 0 bridgehead atoms. The summed E-state index contributed by atoms with van der Waals surface area (Å²) in [5.74, 6) is -2.90. The van der Waals surface area contributed by atoms with Crippen LogP contribution in [0.5, 0.6) is 5.75 Å². The number of rotatable bonds is 5. The van der Waals surface area contributed by atoms with Crippen LogP contribution in [0, 0.1) is 6.92 Å². The van der Waals surface area contributed by atoms with Crippen LogP contribution in [0.1, 0.15) is 11.1 Å². The van der Waals surface area contributed by atoms with Crippen molar-refractivity contribution in [1.82, 2.24) is 5.32 Å². The lowest BCUT2D eigenvalue weighted by Crippen LogP contribution is -2.54. The van der Waals surface area contributed by atoms with Gasteiger partial charge < -0.3 is 9.84 Å². The predicted octanol–water partition coefficient (Wildman–Crippen LogP) is 3.43. The van der Waals surface area contributed by atoms with Crippen LogP contribution in [-0.4, -0.2) is 35.5 Å². The number of benzene rings is 2. The van der Waals surface area contributed by atoms with Gasteiger partial charge in [0.15, 0.2) is 6.61 Å². The summed E-state index contributed by atoms with van der Waals surface area (Å²) in [5.41, 5.74) is 0.637. The van der Waals surface area contributed by atoms with E-state index in [1.54, 1.807) is 19.1 Å². The van der Waals surface area contributed by atoms with Gasteiger partial charge in [0.25, 0.3) is 11.8 Å². The molecule has 10 heteroatoms. The number of hydrogen-bond acceptors (Lipinski definition) is 5. The van der Waals surface area contributed by atoms with Gasteiger partial charge in [-0.1, -0.05) is 29.3 Å². The number of carboxylic acids is 1. The Balaban J connectivity index is 2.06. The van der Waals surface area contributed by atoms with Gasteiger partial charge in [0.05, 0.1) is 5.69 Å². The number of halogens is 2. The predicted molar refractivity (Wildman–Crippen MR) is 110 cm³/mol. The summed E-state index contributed by atoms with van der Waals surface area (Å²) in [7, 11) is 0. The number of ether oxygens (including phenoxy) is 1. The monoisotopic (exact) mass is 448 g/mol. The van der Waals surface area contributed by atoms with E-state index >= 15 is 0 Å². The summed E-state index contributed by atoms with van der Waals surface area (Å²) in [6.07, 6.45) is 1.18. The topological polar surface area (TPSA) is 113 Å². The minimum absolute atomic E-state index is 0.0947. The van der Waals surface area contributed by atoms with Gasteiger partial charge in [0.2, 0.25) is 0 Å². The zero-order chi connectivity index (χ0) is 22.0. The first kappa shape index (κ1) is 21.4. The van der Waals surface area contributed by atoms with Crippen LogP contribution >= 0.6 is 23.2 Å². The van der Waals surface area contributed by atoms with Gasteiger partial charge in [-0.3, -0.25) is 14.9 Å². The summed E-state index contributed by atoms with van der Waals surface area (Å²) in [6, 6.07) is 8.03. The van der Waals surface area contributed by atoms with Gasteiger partial charge in [-0.15, -0.1) is 0 Å². The molecular weight excluding hydrogens is 435 g/mol. The fraction of sp³-hybridized carbons (Fsp3) is 0.100. The Labute approximate surface area is 180 Å². The highest BCUT2D eigenvalue weighted by Crippen LogP contribution is 2.30. The standard InChI is InChI=1S/C20H14Cl2N2O6/c1-10-2-3-13(22)8-15(10)24-19(28)14(18(27)23-20(24)29)7-11-6-12(21)4-5-16(11)30-9-17(25)26/h2-8H,9H2,1H3,(H,25,26)(H,23,27,29)/b14-7-. The molecule has 2 aromatic rings. The van der Waals surface area contributed by atoms with E-state index in [0.717, 1.165) is 4.90 Å². The van der Waals surface area contributed by atoms with Crippen LogP contribution in [0.25, 0.3) is 6.08 Å². The van der Waals surface area contributed by atoms with E-state index in [1.165, 1.54) is 30.3 Å². The third kappa shape index (κ3) is 4.45. The fourth-order valence-electron chi connectivity index (χ4n) is 2.76. The maximum atomic E-state index is 13.0. The highest BCUT2D eigenvalue weighted by atomic mass is 35.5. The zero-order valence-electron chi connectivity index (χ0n) is 15.4. The third-order valence-corrected chi connectivity index (χ3v) is 4.61. The number of barbiturate groups is 1. The van der Waals surface area contributed by atoms with Crippen molar-refractivity contribution >= 4 is 58.8 Å². The van der Waals surface area contributed by atoms with Crippen molar-refractivity contribution in [3.05, 3.63) is 63.1 Å². The Morgan fingerprint density at radius 3 is 2.50 bits per heavy atom. The number of amides is 4. The Morgan fingerprint density at radius 2 is 1.80 bits per heavy atom. The Kier molecular flexibility index (Phi) is 6.09. The van der Waals surface area contributed by atoms with Gasteiger partial charge in [0, 0.05) is 15.6 Å². The van der Waals surface area contributed by atoms with E-state index < -0.39 is 30.4 Å². The summed E-state index contributed by atoms with van der Waals surface area (Å²) < 4.78 is 5.19. The molecule has 0 atom stereocenters. The van der Waals surface area contributed by atoms with Gasteiger partial charge in [0.1, 0.15) is 11.3 Å². The van der Waals surface area contributed by atoms with E-state index in [9.17, 15) is 19.2 Å². The van der Waals surface area contributed by atoms with Crippen molar-refractivity contribution in [1.29, 1.82) is 0 Å². The SMILES string of the molecule is Cc1ccc(Cl)cc1N1C(=O)NC(=O)/C(=C/c2cc(Cl)ccc2OCC(=O)O)C1=O. The molecule has 4 amide bonds. The number of aryl methyl sites for hydroxylation is 1. The second kappa shape index (κ2) is 8.56. The lowest BCUT2D eigenvalue weighted by atomic mass is 10.0. The molecule has 3 rings (SSSR count). The number of carboxylic acid groups (broad SMARTS) is 1. The number of anilines is 1. The maximum absolute atomic E-state index is 13.0. The van der Waals surface area contributed by atoms with Crippen molar-refractivity contribution in [2.45, 2.75) is 6.92 Å². The van der Waals surface area contributed by atoms with Crippen LogP contribution in [-0.2, 0) is 14.4 Å². The highest BCUT2D eigenvalue weighted by molar-refractivity contribution is 6.40. The molecule has 0 radical (unpaired) electrons. The van der Waals surface area contributed by atoms with Crippen LogP contribution < -0.4 is 15.0 Å². The van der Waals surface area contributed by atoms with E-state index in [2.05, 4.69) is 5.32 Å². The minimum Gasteiger partial charge on any atom is -0.481 e. The number of carbonyl (C=O) groups excluding carboxylic acids is 3. The molecule has 1 aliphatic heterocycles. The lowest BCUT2D eigenvalue weighted by Gasteiger charge is -2.27. The molecule has 0 saturated carbocycles. The maximum Gasteiger partial charge on any atom is 0.341 e. The Morgan fingerprint density at radius 1 is 1.13 bits per heavy atom. The first-order valence-electron chi connectivity index (χ1n) is 8.49. The van der Waals surface area contributed by atoms with Crippen molar-refractivity contribution < 1.29 is 29.0 Å². The first-order valence-corrected chi connectivity index (χ1v) is 9.24. The van der Waals surface area contributed by atoms with E-state index in [4.69, 9.17) is 33.0 Å². The molecule has 2 aromatic carbocycles. The molecule has 8 nitrogen and oxygen atoms in total. The molecular formula is C20H14Cl2N2O6. The number of nitrogens with zero attached hydrogens (tertiary/aromatic N) is 1. The van der Waals surface area contributed by atoms with Crippen LogP contribution in [0.15, 0.2) is 42.0 Å². The summed E-state index contributed by atoms with van der Waals surface area (Å²) in [6.45, 7) is 1.05. The van der Waals surface area contributed by atoms with E-state index in [-0.39, 0.29) is 27.6 Å². The average Bonchev–Trinajstić information content (AvgIpc) is 2.67. The number of hydrogen-bond donors (Lipinski definition) is 2. The van der Waals surface area contributed by atoms with Gasteiger partial charge >= 0.3 is 12.0 Å². The van der Waals surface area contributed by atoms with E-state index in [1.807, 2.05) is 0 Å². The first-order chi connectivity index (χ1) is 14.2. The molecule has 1 saturated heterocycles. The smallest absolute Gasteiger partial charge is 0.341 e. The van der Waals surface area contributed by atoms with Gasteiger partial charge in [-0.05, 0) is 48.9 Å². The quantitative estimate of drug-likeness (QED) is 0.534. The summed E-state index contributed by atoms with van der Waals surface area (Å²) in [5, 5.41) is 11.5. The third-order valence-electron chi connectivity index (χ3n) is 4.14. The zero-order valence-corrected chi connectivity index (χ0v) is 17.0. The van der Waals surface area contributed by atoms with Gasteiger partial charge in [-0.2, -0.15) is 0 Å². The molecule has 1 fully saturated rings. The van der Waals surface area contributed by atoms with Crippen LogP contribution in [0.3, 0.4) is 0 Å². The molecule has 0 spiro atoms. The minimum atomic E-state index is -1.21. The highest BCUT2D eigenvalue weighted by Gasteiger charge is 2.37. The Hall–Kier alpha value is -3.36. The van der Waals surface area contributed by atoms with Crippen molar-refractivity contribution in [3.8, 4) is 5.75 Å². The van der Waals surface area contributed by atoms with Crippen LogP contribution in [0.2, 0.25) is 10.0 Å². The molecule has 154 valence electrons. The molecule has 0 aromatic heterocycles. The van der Waals surface area contributed by atoms with Crippen molar-refractivity contribution in [3.63, 3.8) is 0 Å². The number of imide groups is 2. The summed E-state index contributed by atoms with van der Waals surface area (Å²) in [4.78, 5) is 49.4. The van der Waals surface area contributed by atoms with Crippen molar-refractivity contribution in [2.75, 3.05) is 11.5 Å². The lowest BCUT2D eigenvalue weighted by molar-refractivity contribution is -0.139. The average molecular weight is 449 g/mol. The summed E-state index contributed by atoms with van der Waals surface area (Å²) >= 11 is 12.0. The second-order valence-corrected chi connectivity index (χ2v) is 7.13. The normalized spacial score (nSPS) is 15.4. The number of carbonyl (C=O) groups is 4. The van der Waals surface area contributed by atoms with Crippen molar-refractivity contribution in [2.24, 2.45) is 0 Å². The Bertz CT molecular complexity index is 1110. The molecule has 30 heavy (non-hydrogen) atoms. The molecule has 0 aliphatic carbocycles.